The van der Waals surface area contributed by atoms with Gasteiger partial charge in [0.2, 0.25) is 0 Å². The van der Waals surface area contributed by atoms with Crippen molar-refractivity contribution in [1.29, 1.82) is 0 Å². The van der Waals surface area contributed by atoms with Gasteiger partial charge < -0.3 is 9.47 Å². The molecule has 2 aliphatic rings. The molecule has 3 unspecified atom stereocenters. The van der Waals surface area contributed by atoms with Crippen molar-refractivity contribution in [2.75, 3.05) is 6.61 Å². The van der Waals surface area contributed by atoms with E-state index < -0.39 is 0 Å². The van der Waals surface area contributed by atoms with Crippen LogP contribution in [0, 0.1) is 18.3 Å². The van der Waals surface area contributed by atoms with Crippen molar-refractivity contribution in [3.05, 3.63) is 17.5 Å². The van der Waals surface area contributed by atoms with Gasteiger partial charge in [-0.15, -0.1) is 0 Å². The van der Waals surface area contributed by atoms with E-state index in [9.17, 15) is 4.79 Å². The van der Waals surface area contributed by atoms with Crippen LogP contribution in [0.15, 0.2) is 6.07 Å². The quantitative estimate of drug-likeness (QED) is 0.804. The summed E-state index contributed by atoms with van der Waals surface area (Å²) in [5, 5.41) is 4.31. The van der Waals surface area contributed by atoms with Crippen molar-refractivity contribution >= 4 is 5.97 Å². The molecule has 1 aliphatic heterocycles. The van der Waals surface area contributed by atoms with Gasteiger partial charge in [0, 0.05) is 24.5 Å². The zero-order valence-electron chi connectivity index (χ0n) is 13.3. The Balaban J connectivity index is 1.75. The molecule has 0 spiro atoms. The summed E-state index contributed by atoms with van der Waals surface area (Å²) >= 11 is 0. The number of esters is 1. The summed E-state index contributed by atoms with van der Waals surface area (Å²) in [6, 6.07) is 1.80. The predicted octanol–water partition coefficient (Wildman–Crippen LogP) is 2.57. The van der Waals surface area contributed by atoms with Gasteiger partial charge in [0.05, 0.1) is 11.8 Å². The fourth-order valence-corrected chi connectivity index (χ4v) is 3.84. The zero-order chi connectivity index (χ0) is 15.2. The van der Waals surface area contributed by atoms with Gasteiger partial charge >= 0.3 is 5.97 Å². The highest BCUT2D eigenvalue weighted by atomic mass is 16.6. The molecule has 0 aromatic carbocycles. The summed E-state index contributed by atoms with van der Waals surface area (Å²) < 4.78 is 13.4. The average Bonchev–Trinajstić information content (AvgIpc) is 2.85. The maximum atomic E-state index is 12.5. The molecular formula is C16H24N2O3. The van der Waals surface area contributed by atoms with Crippen molar-refractivity contribution in [1.82, 2.24) is 9.78 Å². The van der Waals surface area contributed by atoms with E-state index in [4.69, 9.17) is 9.47 Å². The number of ether oxygens (including phenoxy) is 2. The topological polar surface area (TPSA) is 53.4 Å². The first-order valence-electron chi connectivity index (χ1n) is 7.82. The maximum absolute atomic E-state index is 12.5. The van der Waals surface area contributed by atoms with Crippen LogP contribution in [-0.2, 0) is 16.0 Å². The highest BCUT2D eigenvalue weighted by Crippen LogP contribution is 2.53. The van der Waals surface area contributed by atoms with E-state index in [1.165, 1.54) is 0 Å². The molecule has 1 aliphatic carbocycles. The number of carbonyl (C=O) groups is 1. The van der Waals surface area contributed by atoms with Crippen LogP contribution in [0.3, 0.4) is 0 Å². The number of aromatic nitrogens is 2. The maximum Gasteiger partial charge on any atom is 0.356 e. The van der Waals surface area contributed by atoms with E-state index in [-0.39, 0.29) is 23.6 Å². The van der Waals surface area contributed by atoms with Crippen molar-refractivity contribution in [2.45, 2.75) is 59.3 Å². The smallest absolute Gasteiger partial charge is 0.356 e. The lowest BCUT2D eigenvalue weighted by molar-refractivity contribution is -0.243. The minimum Gasteiger partial charge on any atom is -0.457 e. The van der Waals surface area contributed by atoms with Crippen molar-refractivity contribution in [3.63, 3.8) is 0 Å². The fraction of sp³-hybridized carbons (Fsp3) is 0.750. The largest absolute Gasteiger partial charge is 0.457 e. The van der Waals surface area contributed by atoms with Gasteiger partial charge in [0.25, 0.3) is 0 Å². The molecule has 5 nitrogen and oxygen atoms in total. The van der Waals surface area contributed by atoms with Crippen LogP contribution < -0.4 is 0 Å². The molecule has 21 heavy (non-hydrogen) atoms. The molecule has 1 saturated heterocycles. The number of nitrogens with zero attached hydrogens (tertiary/aromatic N) is 2. The van der Waals surface area contributed by atoms with Crippen molar-refractivity contribution < 1.29 is 14.3 Å². The molecule has 2 heterocycles. The number of rotatable bonds is 3. The third kappa shape index (κ3) is 2.27. The van der Waals surface area contributed by atoms with E-state index in [1.807, 2.05) is 13.8 Å². The first-order valence-corrected chi connectivity index (χ1v) is 7.82. The van der Waals surface area contributed by atoms with Gasteiger partial charge in [0.15, 0.2) is 0 Å². The highest BCUT2D eigenvalue weighted by molar-refractivity contribution is 5.88. The Hall–Kier alpha value is -1.36. The van der Waals surface area contributed by atoms with Crippen molar-refractivity contribution in [3.8, 4) is 0 Å². The van der Waals surface area contributed by atoms with Crippen LogP contribution in [0.4, 0.5) is 0 Å². The van der Waals surface area contributed by atoms with Crippen LogP contribution >= 0.6 is 0 Å². The predicted molar refractivity (Wildman–Crippen MR) is 78.1 cm³/mol. The molecule has 3 atom stereocenters. The van der Waals surface area contributed by atoms with Gasteiger partial charge in [0.1, 0.15) is 11.8 Å². The second kappa shape index (κ2) is 5.13. The van der Waals surface area contributed by atoms with Crippen LogP contribution in [0.2, 0.25) is 0 Å². The minimum atomic E-state index is -0.264. The third-order valence-electron chi connectivity index (χ3n) is 4.87. The molecule has 3 rings (SSSR count). The van der Waals surface area contributed by atoms with E-state index in [2.05, 4.69) is 18.9 Å². The Kier molecular flexibility index (Phi) is 3.56. The van der Waals surface area contributed by atoms with Crippen LogP contribution in [0.25, 0.3) is 0 Å². The fourth-order valence-electron chi connectivity index (χ4n) is 3.84. The van der Waals surface area contributed by atoms with Gasteiger partial charge in [-0.2, -0.15) is 5.10 Å². The van der Waals surface area contributed by atoms with E-state index in [0.717, 1.165) is 25.1 Å². The molecule has 1 aromatic heterocycles. The molecule has 0 amide bonds. The molecule has 0 radical (unpaired) electrons. The highest BCUT2D eigenvalue weighted by Gasteiger charge is 2.60. The number of hydrogen-bond donors (Lipinski definition) is 0. The molecular weight excluding hydrogens is 268 g/mol. The van der Waals surface area contributed by atoms with Crippen LogP contribution in [-0.4, -0.2) is 34.6 Å². The number of fused-ring (bicyclic) bond motifs is 1. The van der Waals surface area contributed by atoms with Crippen molar-refractivity contribution in [2.24, 2.45) is 11.3 Å². The van der Waals surface area contributed by atoms with Crippen LogP contribution in [0.5, 0.6) is 0 Å². The molecule has 2 fully saturated rings. The molecule has 1 saturated carbocycles. The molecule has 116 valence electrons. The first-order chi connectivity index (χ1) is 9.95. The summed E-state index contributed by atoms with van der Waals surface area (Å²) in [7, 11) is 0. The lowest BCUT2D eigenvalue weighted by Gasteiger charge is -2.58. The summed E-state index contributed by atoms with van der Waals surface area (Å²) in [4.78, 5) is 12.5. The van der Waals surface area contributed by atoms with E-state index >= 15 is 0 Å². The SMILES string of the molecule is CCn1nc(C)cc1C(=O)OC1C2CCCOC2C1(C)C. The monoisotopic (exact) mass is 292 g/mol. The van der Waals surface area contributed by atoms with Gasteiger partial charge in [-0.25, -0.2) is 4.79 Å². The minimum absolute atomic E-state index is 0.0594. The number of aryl methyl sites for hydroxylation is 2. The second-order valence-electron chi connectivity index (χ2n) is 6.73. The summed E-state index contributed by atoms with van der Waals surface area (Å²) in [6.07, 6.45) is 2.30. The lowest BCUT2D eigenvalue weighted by Crippen LogP contribution is -2.65. The first kappa shape index (κ1) is 14.6. The number of hydrogen-bond acceptors (Lipinski definition) is 4. The second-order valence-corrected chi connectivity index (χ2v) is 6.73. The van der Waals surface area contributed by atoms with Gasteiger partial charge in [-0.3, -0.25) is 4.68 Å². The van der Waals surface area contributed by atoms with E-state index in [0.29, 0.717) is 18.2 Å². The van der Waals surface area contributed by atoms with Crippen LogP contribution in [0.1, 0.15) is 49.8 Å². The average molecular weight is 292 g/mol. The Morgan fingerprint density at radius 1 is 1.57 bits per heavy atom. The third-order valence-corrected chi connectivity index (χ3v) is 4.87. The standard InChI is InChI=1S/C16H24N2O3/c1-5-18-12(9-10(2)17-18)15(19)21-14-11-7-6-8-20-13(11)16(14,3)4/h9,11,13-14H,5-8H2,1-4H3. The molecule has 1 aromatic rings. The Labute approximate surface area is 125 Å². The molecule has 5 heteroatoms. The summed E-state index contributed by atoms with van der Waals surface area (Å²) in [5.41, 5.74) is 1.29. The Bertz CT molecular complexity index is 550. The van der Waals surface area contributed by atoms with Gasteiger partial charge in [-0.1, -0.05) is 13.8 Å². The normalized spacial score (nSPS) is 30.4. The Morgan fingerprint density at radius 3 is 3.05 bits per heavy atom. The zero-order valence-corrected chi connectivity index (χ0v) is 13.3. The lowest BCUT2D eigenvalue weighted by atomic mass is 9.57. The number of carbonyl (C=O) groups excluding carboxylic acids is 1. The molecule has 0 N–H and O–H groups in total. The summed E-state index contributed by atoms with van der Waals surface area (Å²) in [6.45, 7) is 9.61. The Morgan fingerprint density at radius 2 is 2.33 bits per heavy atom. The molecule has 0 bridgehead atoms. The van der Waals surface area contributed by atoms with E-state index in [1.54, 1.807) is 10.7 Å². The summed E-state index contributed by atoms with van der Waals surface area (Å²) in [5.74, 6) is 0.0799. The van der Waals surface area contributed by atoms with Gasteiger partial charge in [-0.05, 0) is 32.8 Å².